The number of ether oxygens (including phenoxy) is 2. The normalized spacial score (nSPS) is 18.5. The molecule has 0 aliphatic carbocycles. The fourth-order valence-corrected chi connectivity index (χ4v) is 6.32. The van der Waals surface area contributed by atoms with Crippen LogP contribution >= 0.6 is 0 Å². The highest BCUT2D eigenvalue weighted by Gasteiger charge is 2.32. The first-order valence-corrected chi connectivity index (χ1v) is 13.6. The van der Waals surface area contributed by atoms with E-state index < -0.39 is 22.6 Å². The van der Waals surface area contributed by atoms with Gasteiger partial charge in [-0.2, -0.15) is 4.31 Å². The molecule has 0 unspecified atom stereocenters. The summed E-state index contributed by atoms with van der Waals surface area (Å²) >= 11 is 0. The van der Waals surface area contributed by atoms with Crippen LogP contribution in [0.3, 0.4) is 0 Å². The highest BCUT2D eigenvalue weighted by atomic mass is 32.2. The van der Waals surface area contributed by atoms with E-state index in [4.69, 9.17) is 9.47 Å². The first-order valence-electron chi connectivity index (χ1n) is 12.2. The van der Waals surface area contributed by atoms with Gasteiger partial charge in [0.1, 0.15) is 0 Å². The highest BCUT2D eigenvalue weighted by molar-refractivity contribution is 7.89. The number of ketones is 1. The average Bonchev–Trinajstić information content (AvgIpc) is 3.16. The molecule has 0 spiro atoms. The summed E-state index contributed by atoms with van der Waals surface area (Å²) in [6, 6.07) is 15.5. The van der Waals surface area contributed by atoms with Crippen LogP contribution in [0.15, 0.2) is 59.5 Å². The second-order valence-electron chi connectivity index (χ2n) is 9.56. The van der Waals surface area contributed by atoms with Crippen molar-refractivity contribution in [3.8, 4) is 5.69 Å². The molecule has 0 bridgehead atoms. The number of Topliss-reactive ketones (excluding diaryl/α,β-unsaturated/α-hetero) is 1. The fourth-order valence-electron chi connectivity index (χ4n) is 4.69. The lowest BCUT2D eigenvalue weighted by Crippen LogP contribution is -2.48. The molecule has 1 saturated heterocycles. The summed E-state index contributed by atoms with van der Waals surface area (Å²) in [7, 11) is -3.82. The Morgan fingerprint density at radius 2 is 1.62 bits per heavy atom. The number of hydrogen-bond donors (Lipinski definition) is 0. The molecular weight excluding hydrogens is 492 g/mol. The van der Waals surface area contributed by atoms with Crippen LogP contribution in [0.5, 0.6) is 0 Å². The monoisotopic (exact) mass is 524 g/mol. The number of aryl methyl sites for hydroxylation is 2. The highest BCUT2D eigenvalue weighted by Crippen LogP contribution is 2.24. The molecule has 0 radical (unpaired) electrons. The summed E-state index contributed by atoms with van der Waals surface area (Å²) in [5, 5.41) is 0. The van der Waals surface area contributed by atoms with E-state index in [2.05, 4.69) is 0 Å². The first-order chi connectivity index (χ1) is 17.5. The molecule has 1 aliphatic heterocycles. The van der Waals surface area contributed by atoms with E-state index in [1.807, 2.05) is 63.5 Å². The van der Waals surface area contributed by atoms with Gasteiger partial charge in [-0.25, -0.2) is 13.2 Å². The molecule has 1 aromatic heterocycles. The van der Waals surface area contributed by atoms with Gasteiger partial charge in [0.15, 0.2) is 6.61 Å². The van der Waals surface area contributed by atoms with Gasteiger partial charge in [0.2, 0.25) is 15.8 Å². The number of carbonyl (C=O) groups is 2. The van der Waals surface area contributed by atoms with E-state index in [1.165, 1.54) is 28.6 Å². The summed E-state index contributed by atoms with van der Waals surface area (Å²) < 4.78 is 40.6. The molecular formula is C28H32N2O6S. The van der Waals surface area contributed by atoms with Crippen molar-refractivity contribution in [2.45, 2.75) is 51.7 Å². The maximum atomic E-state index is 13.2. The lowest BCUT2D eigenvalue weighted by atomic mass is 10.1. The Kier molecular flexibility index (Phi) is 7.68. The number of aromatic nitrogens is 1. The zero-order valence-corrected chi connectivity index (χ0v) is 22.5. The predicted molar refractivity (Wildman–Crippen MR) is 140 cm³/mol. The van der Waals surface area contributed by atoms with E-state index in [1.54, 1.807) is 6.07 Å². The quantitative estimate of drug-likeness (QED) is 0.339. The number of hydrogen-bond acceptors (Lipinski definition) is 6. The minimum atomic E-state index is -3.82. The summed E-state index contributed by atoms with van der Waals surface area (Å²) in [5.41, 5.74) is 4.26. The van der Waals surface area contributed by atoms with Crippen molar-refractivity contribution in [2.24, 2.45) is 0 Å². The molecule has 2 atom stereocenters. The largest absolute Gasteiger partial charge is 0.454 e. The van der Waals surface area contributed by atoms with Crippen LogP contribution in [-0.4, -0.2) is 60.9 Å². The lowest BCUT2D eigenvalue weighted by molar-refractivity contribution is -0.0440. The smallest absolute Gasteiger partial charge is 0.338 e. The van der Waals surface area contributed by atoms with Crippen LogP contribution < -0.4 is 0 Å². The van der Waals surface area contributed by atoms with Crippen molar-refractivity contribution in [2.75, 3.05) is 19.7 Å². The number of rotatable bonds is 7. The number of carbonyl (C=O) groups excluding carboxylic acids is 2. The van der Waals surface area contributed by atoms with Gasteiger partial charge in [-0.15, -0.1) is 0 Å². The Balaban J connectivity index is 1.47. The molecule has 8 nitrogen and oxygen atoms in total. The van der Waals surface area contributed by atoms with Gasteiger partial charge >= 0.3 is 5.97 Å². The molecule has 196 valence electrons. The maximum Gasteiger partial charge on any atom is 0.338 e. The third-order valence-corrected chi connectivity index (χ3v) is 8.28. The van der Waals surface area contributed by atoms with Crippen molar-refractivity contribution in [3.63, 3.8) is 0 Å². The molecule has 37 heavy (non-hydrogen) atoms. The average molecular weight is 525 g/mol. The number of nitrogens with zero attached hydrogens (tertiary/aromatic N) is 2. The van der Waals surface area contributed by atoms with Crippen molar-refractivity contribution in [1.29, 1.82) is 0 Å². The Bertz CT molecular complexity index is 1420. The third kappa shape index (κ3) is 5.69. The van der Waals surface area contributed by atoms with Gasteiger partial charge in [-0.05, 0) is 71.0 Å². The Hall–Kier alpha value is -3.27. The van der Waals surface area contributed by atoms with Crippen LogP contribution in [0.1, 0.15) is 51.5 Å². The van der Waals surface area contributed by atoms with Crippen LogP contribution in [0, 0.1) is 20.8 Å². The van der Waals surface area contributed by atoms with Crippen molar-refractivity contribution in [3.05, 3.63) is 82.7 Å². The number of morpholine rings is 1. The number of sulfonamides is 1. The van der Waals surface area contributed by atoms with Crippen molar-refractivity contribution < 1.29 is 27.5 Å². The second-order valence-corrected chi connectivity index (χ2v) is 11.5. The SMILES string of the molecule is Cc1ccc(-n2c(C)cc(C(=O)COC(=O)c3cccc(S(=O)(=O)N4C[C@H](C)O[C@@H](C)C4)c3)c2C)cc1. The lowest BCUT2D eigenvalue weighted by Gasteiger charge is -2.34. The molecule has 0 saturated carbocycles. The van der Waals surface area contributed by atoms with Crippen LogP contribution in [0.2, 0.25) is 0 Å². The molecule has 0 N–H and O–H groups in total. The maximum absolute atomic E-state index is 13.2. The van der Waals surface area contributed by atoms with Gasteiger partial charge in [0.25, 0.3) is 0 Å². The predicted octanol–water partition coefficient (Wildman–Crippen LogP) is 4.24. The Morgan fingerprint density at radius 1 is 0.973 bits per heavy atom. The van der Waals surface area contributed by atoms with Crippen molar-refractivity contribution in [1.82, 2.24) is 8.87 Å². The van der Waals surface area contributed by atoms with E-state index in [9.17, 15) is 18.0 Å². The van der Waals surface area contributed by atoms with E-state index in [0.717, 1.165) is 22.6 Å². The summed E-state index contributed by atoms with van der Waals surface area (Å²) in [4.78, 5) is 25.7. The zero-order chi connectivity index (χ0) is 26.9. The standard InChI is InChI=1S/C28H32N2O6S/c1-18-9-11-24(12-10-18)30-19(2)13-26(22(30)5)27(31)17-35-28(32)23-7-6-8-25(14-23)37(33,34)29-15-20(3)36-21(4)16-29/h6-14,20-21H,15-17H2,1-5H3/t20-,21-/m0/s1. The summed E-state index contributed by atoms with van der Waals surface area (Å²) in [6.07, 6.45) is -0.462. The zero-order valence-electron chi connectivity index (χ0n) is 21.7. The van der Waals surface area contributed by atoms with Crippen LogP contribution in [0.4, 0.5) is 0 Å². The van der Waals surface area contributed by atoms with Crippen LogP contribution in [-0.2, 0) is 19.5 Å². The third-order valence-electron chi connectivity index (χ3n) is 6.45. The van der Waals surface area contributed by atoms with Crippen LogP contribution in [0.25, 0.3) is 5.69 Å². The topological polar surface area (TPSA) is 94.9 Å². The van der Waals surface area contributed by atoms with E-state index in [-0.39, 0.29) is 41.5 Å². The van der Waals surface area contributed by atoms with Gasteiger partial charge in [0, 0.05) is 35.7 Å². The Labute approximate surface area is 217 Å². The fraction of sp³-hybridized carbons (Fsp3) is 0.357. The molecule has 2 aromatic carbocycles. The molecule has 4 rings (SSSR count). The molecule has 3 aromatic rings. The number of esters is 1. The minimum absolute atomic E-state index is 0.00350. The minimum Gasteiger partial charge on any atom is -0.454 e. The summed E-state index contributed by atoms with van der Waals surface area (Å²) in [6.45, 7) is 9.43. The summed E-state index contributed by atoms with van der Waals surface area (Å²) in [5.74, 6) is -1.10. The molecule has 1 fully saturated rings. The van der Waals surface area contributed by atoms with Gasteiger partial charge < -0.3 is 14.0 Å². The second kappa shape index (κ2) is 10.6. The van der Waals surface area contributed by atoms with Gasteiger partial charge in [0.05, 0.1) is 22.7 Å². The van der Waals surface area contributed by atoms with Gasteiger partial charge in [-0.3, -0.25) is 4.79 Å². The number of benzene rings is 2. The molecule has 1 aliphatic rings. The van der Waals surface area contributed by atoms with Crippen molar-refractivity contribution >= 4 is 21.8 Å². The molecule has 9 heteroatoms. The van der Waals surface area contributed by atoms with E-state index in [0.29, 0.717) is 5.56 Å². The first kappa shape index (κ1) is 26.8. The Morgan fingerprint density at radius 3 is 2.27 bits per heavy atom. The van der Waals surface area contributed by atoms with E-state index >= 15 is 0 Å². The molecule has 0 amide bonds. The molecule has 2 heterocycles. The van der Waals surface area contributed by atoms with Gasteiger partial charge in [-0.1, -0.05) is 23.8 Å².